The van der Waals surface area contributed by atoms with Crippen molar-refractivity contribution in [3.05, 3.63) is 60.2 Å². The van der Waals surface area contributed by atoms with E-state index in [9.17, 15) is 0 Å². The molecule has 1 saturated carbocycles. The standard InChI is InChI=1S/C21H25NO2/c1-2-8-17(9-3-1)21(12-6-7-13-21)16-22-14-18-15-23-19-10-4-5-11-20(19)24-18/h1-5,8-11,18,22H,6-7,12-16H2/t18-/m0/s1. The van der Waals surface area contributed by atoms with Crippen LogP contribution in [0.3, 0.4) is 0 Å². The van der Waals surface area contributed by atoms with Crippen LogP contribution in [-0.4, -0.2) is 25.8 Å². The molecule has 2 aliphatic rings. The van der Waals surface area contributed by atoms with Crippen LogP contribution in [0.2, 0.25) is 0 Å². The Bertz CT molecular complexity index is 665. The summed E-state index contributed by atoms with van der Waals surface area (Å²) in [7, 11) is 0. The molecule has 2 aromatic rings. The molecule has 3 heteroatoms. The SMILES string of the molecule is c1ccc(C2(CNC[C@H]3COc4ccccc4O3)CCCC2)cc1. The largest absolute Gasteiger partial charge is 0.486 e. The zero-order valence-corrected chi connectivity index (χ0v) is 14.0. The van der Waals surface area contributed by atoms with Gasteiger partial charge in [0.25, 0.3) is 0 Å². The Labute approximate surface area is 144 Å². The van der Waals surface area contributed by atoms with Gasteiger partial charge in [0.15, 0.2) is 11.5 Å². The minimum atomic E-state index is 0.0779. The maximum absolute atomic E-state index is 6.05. The van der Waals surface area contributed by atoms with Crippen LogP contribution >= 0.6 is 0 Å². The number of benzene rings is 2. The lowest BCUT2D eigenvalue weighted by atomic mass is 9.79. The summed E-state index contributed by atoms with van der Waals surface area (Å²) in [5.74, 6) is 1.71. The van der Waals surface area contributed by atoms with Gasteiger partial charge in [-0.3, -0.25) is 0 Å². The second-order valence-corrected chi connectivity index (χ2v) is 6.98. The van der Waals surface area contributed by atoms with E-state index in [4.69, 9.17) is 9.47 Å². The lowest BCUT2D eigenvalue weighted by molar-refractivity contribution is 0.0892. The smallest absolute Gasteiger partial charge is 0.161 e. The molecule has 0 saturated heterocycles. The van der Waals surface area contributed by atoms with E-state index >= 15 is 0 Å². The second kappa shape index (κ2) is 6.86. The fourth-order valence-electron chi connectivity index (χ4n) is 4.05. The molecule has 2 aromatic carbocycles. The minimum Gasteiger partial charge on any atom is -0.486 e. The Kier molecular flexibility index (Phi) is 4.44. The Hall–Kier alpha value is -2.00. The lowest BCUT2D eigenvalue weighted by Gasteiger charge is -2.32. The third kappa shape index (κ3) is 3.13. The van der Waals surface area contributed by atoms with E-state index in [1.807, 2.05) is 24.3 Å². The van der Waals surface area contributed by atoms with Gasteiger partial charge in [-0.15, -0.1) is 0 Å². The number of fused-ring (bicyclic) bond motifs is 1. The Morgan fingerprint density at radius 3 is 2.42 bits per heavy atom. The molecule has 1 aliphatic heterocycles. The van der Waals surface area contributed by atoms with E-state index in [1.54, 1.807) is 0 Å². The molecule has 0 spiro atoms. The van der Waals surface area contributed by atoms with Crippen molar-refractivity contribution in [1.82, 2.24) is 5.32 Å². The van der Waals surface area contributed by atoms with E-state index in [0.717, 1.165) is 24.6 Å². The van der Waals surface area contributed by atoms with Crippen molar-refractivity contribution in [1.29, 1.82) is 0 Å². The maximum Gasteiger partial charge on any atom is 0.161 e. The van der Waals surface area contributed by atoms with Crippen molar-refractivity contribution < 1.29 is 9.47 Å². The van der Waals surface area contributed by atoms with E-state index < -0.39 is 0 Å². The Morgan fingerprint density at radius 1 is 0.917 bits per heavy atom. The third-order valence-electron chi connectivity index (χ3n) is 5.35. The fourth-order valence-corrected chi connectivity index (χ4v) is 4.05. The lowest BCUT2D eigenvalue weighted by Crippen LogP contribution is -2.43. The van der Waals surface area contributed by atoms with Crippen LogP contribution < -0.4 is 14.8 Å². The summed E-state index contributed by atoms with van der Waals surface area (Å²) < 4.78 is 11.9. The molecule has 1 heterocycles. The van der Waals surface area contributed by atoms with Crippen LogP contribution in [0.25, 0.3) is 0 Å². The van der Waals surface area contributed by atoms with Crippen molar-refractivity contribution in [2.24, 2.45) is 0 Å². The molecule has 1 atom stereocenters. The first-order valence-electron chi connectivity index (χ1n) is 9.00. The monoisotopic (exact) mass is 323 g/mol. The summed E-state index contributed by atoms with van der Waals surface area (Å²) in [6.07, 6.45) is 5.28. The quantitative estimate of drug-likeness (QED) is 0.904. The molecule has 0 radical (unpaired) electrons. The number of para-hydroxylation sites is 2. The van der Waals surface area contributed by atoms with Crippen LogP contribution in [-0.2, 0) is 5.41 Å². The molecule has 126 valence electrons. The molecule has 1 N–H and O–H groups in total. The summed E-state index contributed by atoms with van der Waals surface area (Å²) in [5.41, 5.74) is 1.76. The van der Waals surface area contributed by atoms with Crippen LogP contribution in [0.1, 0.15) is 31.2 Å². The van der Waals surface area contributed by atoms with Gasteiger partial charge in [-0.2, -0.15) is 0 Å². The van der Waals surface area contributed by atoms with Crippen LogP contribution in [0.4, 0.5) is 0 Å². The molecular weight excluding hydrogens is 298 g/mol. The highest BCUT2D eigenvalue weighted by atomic mass is 16.6. The van der Waals surface area contributed by atoms with E-state index in [0.29, 0.717) is 6.61 Å². The predicted octanol–water partition coefficient (Wildman–Crippen LogP) is 3.93. The summed E-state index contributed by atoms with van der Waals surface area (Å²) in [6, 6.07) is 18.9. The average molecular weight is 323 g/mol. The summed E-state index contributed by atoms with van der Waals surface area (Å²) in [4.78, 5) is 0. The summed E-state index contributed by atoms with van der Waals surface area (Å²) in [6.45, 7) is 2.45. The molecular formula is C21H25NO2. The zero-order chi connectivity index (χ0) is 16.2. The number of ether oxygens (including phenoxy) is 2. The molecule has 0 bridgehead atoms. The van der Waals surface area contributed by atoms with E-state index in [2.05, 4.69) is 35.6 Å². The number of hydrogen-bond acceptors (Lipinski definition) is 3. The van der Waals surface area contributed by atoms with Gasteiger partial charge < -0.3 is 14.8 Å². The van der Waals surface area contributed by atoms with Gasteiger partial charge >= 0.3 is 0 Å². The van der Waals surface area contributed by atoms with Crippen molar-refractivity contribution in [2.75, 3.05) is 19.7 Å². The maximum atomic E-state index is 6.05. The molecule has 4 rings (SSSR count). The van der Waals surface area contributed by atoms with Crippen LogP contribution in [0, 0.1) is 0 Å². The molecule has 1 fully saturated rings. The molecule has 0 aromatic heterocycles. The minimum absolute atomic E-state index is 0.0779. The van der Waals surface area contributed by atoms with Gasteiger partial charge in [-0.05, 0) is 30.5 Å². The van der Waals surface area contributed by atoms with Gasteiger partial charge in [0.1, 0.15) is 12.7 Å². The normalized spacial score (nSPS) is 21.6. The first-order valence-corrected chi connectivity index (χ1v) is 9.00. The molecule has 3 nitrogen and oxygen atoms in total. The van der Waals surface area contributed by atoms with Crippen molar-refractivity contribution >= 4 is 0 Å². The molecule has 0 unspecified atom stereocenters. The van der Waals surface area contributed by atoms with Gasteiger partial charge in [0.05, 0.1) is 0 Å². The first kappa shape index (κ1) is 15.5. The highest BCUT2D eigenvalue weighted by molar-refractivity contribution is 5.40. The predicted molar refractivity (Wildman–Crippen MR) is 95.8 cm³/mol. The highest BCUT2D eigenvalue weighted by Gasteiger charge is 2.35. The molecule has 24 heavy (non-hydrogen) atoms. The van der Waals surface area contributed by atoms with Gasteiger partial charge in [0, 0.05) is 18.5 Å². The van der Waals surface area contributed by atoms with Gasteiger partial charge in [-0.25, -0.2) is 0 Å². The Balaban J connectivity index is 1.36. The number of nitrogens with one attached hydrogen (secondary N) is 1. The first-order chi connectivity index (χ1) is 11.9. The van der Waals surface area contributed by atoms with Crippen molar-refractivity contribution in [3.63, 3.8) is 0 Å². The number of hydrogen-bond donors (Lipinski definition) is 1. The van der Waals surface area contributed by atoms with Crippen LogP contribution in [0.15, 0.2) is 54.6 Å². The molecule has 0 amide bonds. The highest BCUT2D eigenvalue weighted by Crippen LogP contribution is 2.40. The van der Waals surface area contributed by atoms with E-state index in [-0.39, 0.29) is 11.5 Å². The fraction of sp³-hybridized carbons (Fsp3) is 0.429. The second-order valence-electron chi connectivity index (χ2n) is 6.98. The summed E-state index contributed by atoms with van der Waals surface area (Å²) >= 11 is 0. The summed E-state index contributed by atoms with van der Waals surface area (Å²) in [5, 5.41) is 3.66. The number of rotatable bonds is 5. The Morgan fingerprint density at radius 2 is 1.62 bits per heavy atom. The van der Waals surface area contributed by atoms with Crippen LogP contribution in [0.5, 0.6) is 11.5 Å². The van der Waals surface area contributed by atoms with Crippen molar-refractivity contribution in [3.8, 4) is 11.5 Å². The van der Waals surface area contributed by atoms with Gasteiger partial charge in [0.2, 0.25) is 0 Å². The van der Waals surface area contributed by atoms with Gasteiger partial charge in [-0.1, -0.05) is 55.3 Å². The third-order valence-corrected chi connectivity index (χ3v) is 5.35. The average Bonchev–Trinajstić information content (AvgIpc) is 3.12. The topological polar surface area (TPSA) is 30.5 Å². The molecule has 1 aliphatic carbocycles. The van der Waals surface area contributed by atoms with E-state index in [1.165, 1.54) is 31.2 Å². The van der Waals surface area contributed by atoms with Crippen molar-refractivity contribution in [2.45, 2.75) is 37.2 Å². The zero-order valence-electron chi connectivity index (χ0n) is 14.0.